The number of methoxy groups -OCH3 is 1. The molecule has 2 N–H and O–H groups in total. The van der Waals surface area contributed by atoms with E-state index in [0.29, 0.717) is 40.6 Å². The van der Waals surface area contributed by atoms with Gasteiger partial charge in [-0.2, -0.15) is 0 Å². The lowest BCUT2D eigenvalue weighted by atomic mass is 9.81. The van der Waals surface area contributed by atoms with E-state index in [9.17, 15) is 18.0 Å². The number of rotatable bonds is 7. The summed E-state index contributed by atoms with van der Waals surface area (Å²) in [5.74, 6) is -1.49. The molecule has 1 aliphatic heterocycles. The van der Waals surface area contributed by atoms with Gasteiger partial charge in [-0.1, -0.05) is 18.2 Å². The summed E-state index contributed by atoms with van der Waals surface area (Å²) in [6, 6.07) is 13.2. The molecular weight excluding hydrogens is 531 g/mol. The molecule has 4 aromatic rings. The maximum absolute atomic E-state index is 14.3. The highest BCUT2D eigenvalue weighted by Gasteiger charge is 2.45. The van der Waals surface area contributed by atoms with Gasteiger partial charge in [-0.3, -0.25) is 4.79 Å². The van der Waals surface area contributed by atoms with Crippen molar-refractivity contribution in [2.75, 3.05) is 20.2 Å². The molecule has 3 heterocycles. The second-order valence-electron chi connectivity index (χ2n) is 12.2. The lowest BCUT2D eigenvalue weighted by Gasteiger charge is -2.35. The summed E-state index contributed by atoms with van der Waals surface area (Å²) in [6.45, 7) is 1.48. The van der Waals surface area contributed by atoms with E-state index in [4.69, 9.17) is 15.5 Å². The number of hydrogen-bond acceptors (Lipinski definition) is 4. The fraction of sp³-hybridized carbons (Fsp3) is 0.484. The third kappa shape index (κ3) is 4.86. The van der Waals surface area contributed by atoms with Gasteiger partial charge < -0.3 is 24.5 Å². The van der Waals surface area contributed by atoms with E-state index in [1.54, 1.807) is 12.1 Å². The topological polar surface area (TPSA) is 78.3 Å². The van der Waals surface area contributed by atoms with E-state index in [1.165, 1.54) is 24.9 Å². The molecule has 2 aromatic carbocycles. The number of ether oxygens (including phenoxy) is 1. The van der Waals surface area contributed by atoms with Crippen molar-refractivity contribution in [3.05, 3.63) is 48.0 Å². The first-order chi connectivity index (χ1) is 19.7. The molecule has 216 valence electrons. The Morgan fingerprint density at radius 3 is 2.54 bits per heavy atom. The zero-order chi connectivity index (χ0) is 28.5. The molecule has 3 fully saturated rings. The summed E-state index contributed by atoms with van der Waals surface area (Å²) in [6.07, 6.45) is 1.07. The highest BCUT2D eigenvalue weighted by Crippen LogP contribution is 2.45. The van der Waals surface area contributed by atoms with Crippen molar-refractivity contribution in [2.24, 2.45) is 17.6 Å². The first-order valence-electron chi connectivity index (χ1n) is 14.4. The van der Waals surface area contributed by atoms with E-state index in [2.05, 4.69) is 22.8 Å². The molecule has 1 amide bonds. The van der Waals surface area contributed by atoms with Crippen LogP contribution >= 0.6 is 0 Å². The van der Waals surface area contributed by atoms with E-state index < -0.39 is 18.1 Å². The van der Waals surface area contributed by atoms with Crippen LogP contribution in [0.1, 0.15) is 42.5 Å². The zero-order valence-corrected chi connectivity index (χ0v) is 23.0. The second kappa shape index (κ2) is 9.79. The molecule has 2 aromatic heterocycles. The van der Waals surface area contributed by atoms with Gasteiger partial charge in [0.15, 0.2) is 5.82 Å². The molecule has 0 bridgehead atoms. The number of imidazole rings is 1. The Balaban J connectivity index is 1.37. The highest BCUT2D eigenvalue weighted by atomic mass is 19.3. The molecule has 41 heavy (non-hydrogen) atoms. The fourth-order valence-electron chi connectivity index (χ4n) is 6.63. The summed E-state index contributed by atoms with van der Waals surface area (Å²) in [5.41, 5.74) is 9.56. The second-order valence-corrected chi connectivity index (χ2v) is 12.2. The number of hydrogen-bond donors (Lipinski definition) is 1. The van der Waals surface area contributed by atoms with Crippen LogP contribution in [0, 0.1) is 11.8 Å². The van der Waals surface area contributed by atoms with Crippen LogP contribution in [0.2, 0.25) is 0 Å². The Bertz CT molecular complexity index is 1620. The summed E-state index contributed by atoms with van der Waals surface area (Å²) in [5, 5.41) is 1.09. The molecule has 0 spiro atoms. The molecular formula is C31H34F3N5O2. The zero-order valence-electron chi connectivity index (χ0n) is 23.0. The number of piperidine rings is 1. The highest BCUT2D eigenvalue weighted by molar-refractivity contribution is 6.00. The first kappa shape index (κ1) is 26.4. The van der Waals surface area contributed by atoms with Gasteiger partial charge in [-0.15, -0.1) is 0 Å². The van der Waals surface area contributed by atoms with Crippen molar-refractivity contribution in [1.29, 1.82) is 0 Å². The SMILES string of the molecule is COc1cc(C(=O)N2C[C@H](N)C[C@@H](F)C2)cc2nc(-c3cc4ccccc4n3CC3CC3)n(CC3CC(F)(F)C3)c12. The average molecular weight is 566 g/mol. The number of likely N-dealkylation sites (tertiary alicyclic amines) is 1. The van der Waals surface area contributed by atoms with Gasteiger partial charge in [-0.25, -0.2) is 18.2 Å². The Hall–Kier alpha value is -3.53. The van der Waals surface area contributed by atoms with E-state index in [-0.39, 0.29) is 44.2 Å². The number of para-hydroxylation sites is 1. The van der Waals surface area contributed by atoms with Crippen LogP contribution in [0.15, 0.2) is 42.5 Å². The molecule has 2 aliphatic carbocycles. The standard InChI is InChI=1S/C31H34F3N5O2/c1-41-27-10-21(30(40)37-16-22(32)11-23(35)17-37)8-24-28(27)39(15-19-12-31(33,34)13-19)29(36-24)26-9-20-4-2-3-5-25(20)38(26)14-18-6-7-18/h2-5,8-10,18-19,22-23H,6-7,11-17,35H2,1H3/t22-,23-/m1/s1. The Morgan fingerprint density at radius 2 is 1.83 bits per heavy atom. The van der Waals surface area contributed by atoms with Gasteiger partial charge in [-0.05, 0) is 55.4 Å². The van der Waals surface area contributed by atoms with Gasteiger partial charge in [0.25, 0.3) is 5.91 Å². The van der Waals surface area contributed by atoms with Crippen LogP contribution in [-0.4, -0.2) is 63.3 Å². The van der Waals surface area contributed by atoms with E-state index in [0.717, 1.165) is 23.1 Å². The van der Waals surface area contributed by atoms with E-state index in [1.807, 2.05) is 16.7 Å². The number of halogens is 3. The van der Waals surface area contributed by atoms with Crippen molar-refractivity contribution in [1.82, 2.24) is 19.0 Å². The van der Waals surface area contributed by atoms with Crippen molar-refractivity contribution in [3.63, 3.8) is 0 Å². The summed E-state index contributed by atoms with van der Waals surface area (Å²) >= 11 is 0. The van der Waals surface area contributed by atoms with Crippen molar-refractivity contribution in [2.45, 2.75) is 63.3 Å². The third-order valence-electron chi connectivity index (χ3n) is 8.79. The Morgan fingerprint density at radius 1 is 1.07 bits per heavy atom. The molecule has 1 saturated heterocycles. The third-order valence-corrected chi connectivity index (χ3v) is 8.79. The lowest BCUT2D eigenvalue weighted by molar-refractivity contribution is -0.113. The van der Waals surface area contributed by atoms with Gasteiger partial charge in [0.1, 0.15) is 17.4 Å². The van der Waals surface area contributed by atoms with Crippen LogP contribution in [-0.2, 0) is 13.1 Å². The molecule has 0 unspecified atom stereocenters. The van der Waals surface area contributed by atoms with E-state index >= 15 is 0 Å². The average Bonchev–Trinajstić information content (AvgIpc) is 3.57. The van der Waals surface area contributed by atoms with Crippen molar-refractivity contribution >= 4 is 27.8 Å². The Labute approximate surface area is 236 Å². The van der Waals surface area contributed by atoms with Crippen LogP contribution in [0.25, 0.3) is 33.5 Å². The smallest absolute Gasteiger partial charge is 0.254 e. The predicted molar refractivity (Wildman–Crippen MR) is 151 cm³/mol. The van der Waals surface area contributed by atoms with Crippen LogP contribution in [0.5, 0.6) is 5.75 Å². The maximum Gasteiger partial charge on any atom is 0.254 e. The number of alkyl halides is 3. The number of fused-ring (bicyclic) bond motifs is 2. The molecule has 0 radical (unpaired) electrons. The molecule has 10 heteroatoms. The number of carbonyl (C=O) groups is 1. The first-order valence-corrected chi connectivity index (χ1v) is 14.4. The molecule has 7 nitrogen and oxygen atoms in total. The summed E-state index contributed by atoms with van der Waals surface area (Å²) in [4.78, 5) is 20.0. The minimum Gasteiger partial charge on any atom is -0.494 e. The molecule has 3 aliphatic rings. The van der Waals surface area contributed by atoms with Crippen LogP contribution in [0.3, 0.4) is 0 Å². The van der Waals surface area contributed by atoms with Crippen molar-refractivity contribution in [3.8, 4) is 17.3 Å². The number of benzene rings is 2. The molecule has 2 saturated carbocycles. The summed E-state index contributed by atoms with van der Waals surface area (Å²) in [7, 11) is 1.52. The number of amides is 1. The number of nitrogens with zero attached hydrogens (tertiary/aromatic N) is 4. The lowest BCUT2D eigenvalue weighted by Crippen LogP contribution is -2.50. The number of carbonyl (C=O) groups excluding carboxylic acids is 1. The normalized spacial score (nSPS) is 22.8. The molecule has 7 rings (SSSR count). The maximum atomic E-state index is 14.3. The minimum atomic E-state index is -2.64. The molecule has 2 atom stereocenters. The van der Waals surface area contributed by atoms with Gasteiger partial charge in [0.2, 0.25) is 5.92 Å². The Kier molecular flexibility index (Phi) is 6.30. The largest absolute Gasteiger partial charge is 0.494 e. The monoisotopic (exact) mass is 565 g/mol. The minimum absolute atomic E-state index is 0.0102. The van der Waals surface area contributed by atoms with Crippen LogP contribution < -0.4 is 10.5 Å². The van der Waals surface area contributed by atoms with Crippen molar-refractivity contribution < 1.29 is 22.7 Å². The van der Waals surface area contributed by atoms with Gasteiger partial charge in [0.05, 0.1) is 24.9 Å². The number of nitrogens with two attached hydrogens (primary N) is 1. The van der Waals surface area contributed by atoms with Gasteiger partial charge >= 0.3 is 0 Å². The summed E-state index contributed by atoms with van der Waals surface area (Å²) < 4.78 is 52.1. The predicted octanol–water partition coefficient (Wildman–Crippen LogP) is 5.63. The van der Waals surface area contributed by atoms with Crippen LogP contribution in [0.4, 0.5) is 13.2 Å². The van der Waals surface area contributed by atoms with Gasteiger partial charge in [0, 0.05) is 55.0 Å². The quantitative estimate of drug-likeness (QED) is 0.315. The fourth-order valence-corrected chi connectivity index (χ4v) is 6.63. The number of aromatic nitrogens is 3.